The van der Waals surface area contributed by atoms with Crippen LogP contribution in [0, 0.1) is 6.92 Å². The van der Waals surface area contributed by atoms with E-state index in [4.69, 9.17) is 5.73 Å². The summed E-state index contributed by atoms with van der Waals surface area (Å²) in [5.74, 6) is 0.00548. The molecule has 0 radical (unpaired) electrons. The average Bonchev–Trinajstić information content (AvgIpc) is 2.87. The fraction of sp³-hybridized carbons (Fsp3) is 0.385. The van der Waals surface area contributed by atoms with Crippen molar-refractivity contribution in [3.63, 3.8) is 0 Å². The van der Waals surface area contributed by atoms with Crippen molar-refractivity contribution in [2.24, 2.45) is 0 Å². The van der Waals surface area contributed by atoms with Gasteiger partial charge in [-0.05, 0) is 13.8 Å². The second-order valence-electron chi connectivity index (χ2n) is 4.56. The highest BCUT2D eigenvalue weighted by molar-refractivity contribution is 7.18. The summed E-state index contributed by atoms with van der Waals surface area (Å²) in [5, 5.41) is 3.51. The summed E-state index contributed by atoms with van der Waals surface area (Å²) in [6, 6.07) is 0. The van der Waals surface area contributed by atoms with Crippen LogP contribution in [0.1, 0.15) is 28.0 Å². The lowest BCUT2D eigenvalue weighted by atomic mass is 10.4. The number of hydrogen-bond donors (Lipinski definition) is 2. The van der Waals surface area contributed by atoms with E-state index >= 15 is 0 Å². The number of anilines is 2. The van der Waals surface area contributed by atoms with Crippen LogP contribution in [-0.2, 0) is 6.54 Å². The quantitative estimate of drug-likeness (QED) is 0.862. The zero-order valence-electron chi connectivity index (χ0n) is 12.3. The van der Waals surface area contributed by atoms with Crippen molar-refractivity contribution in [1.82, 2.24) is 20.3 Å². The van der Waals surface area contributed by atoms with E-state index in [1.54, 1.807) is 12.4 Å². The molecule has 0 saturated carbocycles. The zero-order valence-corrected chi connectivity index (χ0v) is 13.1. The Balaban J connectivity index is 2.03. The molecule has 0 saturated heterocycles. The van der Waals surface area contributed by atoms with E-state index in [9.17, 15) is 4.79 Å². The van der Waals surface area contributed by atoms with Crippen LogP contribution in [0.4, 0.5) is 10.9 Å². The van der Waals surface area contributed by atoms with Gasteiger partial charge < -0.3 is 16.0 Å². The van der Waals surface area contributed by atoms with Gasteiger partial charge in [-0.15, -0.1) is 0 Å². The summed E-state index contributed by atoms with van der Waals surface area (Å²) < 4.78 is 0. The molecule has 0 aliphatic carbocycles. The molecule has 2 aromatic rings. The minimum absolute atomic E-state index is 0.247. The van der Waals surface area contributed by atoms with Crippen LogP contribution >= 0.6 is 11.3 Å². The van der Waals surface area contributed by atoms with Crippen LogP contribution in [0.3, 0.4) is 0 Å². The number of hydrogen-bond acceptors (Lipinski definition) is 7. The van der Waals surface area contributed by atoms with Crippen molar-refractivity contribution < 1.29 is 4.79 Å². The van der Waals surface area contributed by atoms with Gasteiger partial charge in [0.05, 0.1) is 24.1 Å². The van der Waals surface area contributed by atoms with Crippen molar-refractivity contribution in [2.45, 2.75) is 20.4 Å². The predicted molar refractivity (Wildman–Crippen MR) is 83.4 cm³/mol. The second-order valence-corrected chi connectivity index (χ2v) is 5.53. The molecule has 112 valence electrons. The van der Waals surface area contributed by atoms with Gasteiger partial charge in [-0.1, -0.05) is 11.3 Å². The topological polar surface area (TPSA) is 97.0 Å². The first-order chi connectivity index (χ1) is 10.0. The van der Waals surface area contributed by atoms with Gasteiger partial charge in [0.25, 0.3) is 5.91 Å². The van der Waals surface area contributed by atoms with Crippen molar-refractivity contribution in [3.05, 3.63) is 28.7 Å². The number of nitrogens with zero attached hydrogens (tertiary/aromatic N) is 4. The van der Waals surface area contributed by atoms with Gasteiger partial charge in [0.15, 0.2) is 5.13 Å². The molecule has 0 spiro atoms. The Kier molecular flexibility index (Phi) is 4.69. The van der Waals surface area contributed by atoms with Crippen molar-refractivity contribution >= 4 is 28.2 Å². The van der Waals surface area contributed by atoms with E-state index in [1.165, 1.54) is 11.3 Å². The van der Waals surface area contributed by atoms with Crippen LogP contribution in [0.15, 0.2) is 12.4 Å². The minimum atomic E-state index is -0.247. The Bertz CT molecular complexity index is 624. The lowest BCUT2D eigenvalue weighted by Crippen LogP contribution is -2.23. The number of nitrogens with two attached hydrogens (primary N) is 1. The van der Waals surface area contributed by atoms with E-state index in [0.717, 1.165) is 17.4 Å². The van der Waals surface area contributed by atoms with Gasteiger partial charge in [0.1, 0.15) is 10.7 Å². The predicted octanol–water partition coefficient (Wildman–Crippen LogP) is 1.21. The number of thiazole rings is 1. The molecule has 0 aliphatic rings. The monoisotopic (exact) mass is 306 g/mol. The fourth-order valence-electron chi connectivity index (χ4n) is 1.54. The molecule has 0 unspecified atom stereocenters. The number of amides is 1. The highest BCUT2D eigenvalue weighted by Gasteiger charge is 2.17. The normalized spacial score (nSPS) is 10.4. The Morgan fingerprint density at radius 3 is 2.81 bits per heavy atom. The van der Waals surface area contributed by atoms with Gasteiger partial charge in [0.2, 0.25) is 0 Å². The third kappa shape index (κ3) is 3.66. The van der Waals surface area contributed by atoms with E-state index in [1.807, 2.05) is 25.8 Å². The van der Waals surface area contributed by atoms with Crippen LogP contribution in [-0.4, -0.2) is 34.5 Å². The third-order valence-corrected chi connectivity index (χ3v) is 4.10. The van der Waals surface area contributed by atoms with Crippen molar-refractivity contribution in [2.75, 3.05) is 24.2 Å². The van der Waals surface area contributed by atoms with E-state index < -0.39 is 0 Å². The Hall–Kier alpha value is -2.22. The minimum Gasteiger partial charge on any atom is -0.382 e. The maximum atomic E-state index is 12.1. The Labute approximate surface area is 127 Å². The van der Waals surface area contributed by atoms with E-state index in [0.29, 0.717) is 17.1 Å². The maximum Gasteiger partial charge on any atom is 0.265 e. The molecule has 0 atom stereocenters. The number of carbonyl (C=O) groups is 1. The smallest absolute Gasteiger partial charge is 0.265 e. The largest absolute Gasteiger partial charge is 0.382 e. The first-order valence-corrected chi connectivity index (χ1v) is 7.36. The number of nitrogens with one attached hydrogen (secondary N) is 1. The summed E-state index contributed by atoms with van der Waals surface area (Å²) in [4.78, 5) is 27.0. The molecule has 1 amide bonds. The van der Waals surface area contributed by atoms with Crippen molar-refractivity contribution in [1.29, 1.82) is 0 Å². The second kappa shape index (κ2) is 6.49. The first kappa shape index (κ1) is 15.2. The number of nitrogen functional groups attached to an aromatic ring is 1. The SMILES string of the molecule is CCN(C)c1nc(N)c(C(=O)NCc2cnc(C)cn2)s1. The highest BCUT2D eigenvalue weighted by Crippen LogP contribution is 2.27. The highest BCUT2D eigenvalue weighted by atomic mass is 32.1. The molecule has 3 N–H and O–H groups in total. The number of rotatable bonds is 5. The summed E-state index contributed by atoms with van der Waals surface area (Å²) in [7, 11) is 1.90. The van der Waals surface area contributed by atoms with Crippen LogP contribution in [0.2, 0.25) is 0 Å². The lowest BCUT2D eigenvalue weighted by Gasteiger charge is -2.10. The van der Waals surface area contributed by atoms with Gasteiger partial charge >= 0.3 is 0 Å². The molecule has 2 rings (SSSR count). The summed E-state index contributed by atoms with van der Waals surface area (Å²) >= 11 is 1.28. The average molecular weight is 306 g/mol. The number of aryl methyl sites for hydroxylation is 1. The van der Waals surface area contributed by atoms with Gasteiger partial charge in [-0.25, -0.2) is 4.98 Å². The zero-order chi connectivity index (χ0) is 15.4. The molecule has 0 aliphatic heterocycles. The molecule has 7 nitrogen and oxygen atoms in total. The van der Waals surface area contributed by atoms with Gasteiger partial charge in [-0.2, -0.15) is 0 Å². The molecule has 2 heterocycles. The maximum absolute atomic E-state index is 12.1. The molecule has 8 heteroatoms. The Morgan fingerprint density at radius 1 is 1.43 bits per heavy atom. The van der Waals surface area contributed by atoms with Gasteiger partial charge in [-0.3, -0.25) is 14.8 Å². The first-order valence-electron chi connectivity index (χ1n) is 6.54. The van der Waals surface area contributed by atoms with Crippen LogP contribution in [0.5, 0.6) is 0 Å². The summed E-state index contributed by atoms with van der Waals surface area (Å²) in [6.07, 6.45) is 3.30. The number of carbonyl (C=O) groups excluding carboxylic acids is 1. The number of aromatic nitrogens is 3. The van der Waals surface area contributed by atoms with Gasteiger partial charge in [0, 0.05) is 19.8 Å². The Morgan fingerprint density at radius 2 is 2.19 bits per heavy atom. The molecular formula is C13H18N6OS. The lowest BCUT2D eigenvalue weighted by molar-refractivity contribution is 0.0955. The van der Waals surface area contributed by atoms with Crippen LogP contribution in [0.25, 0.3) is 0 Å². The molecule has 0 fully saturated rings. The molecule has 0 aromatic carbocycles. The molecule has 0 bridgehead atoms. The third-order valence-electron chi connectivity index (χ3n) is 2.91. The van der Waals surface area contributed by atoms with Crippen LogP contribution < -0.4 is 16.0 Å². The summed E-state index contributed by atoms with van der Waals surface area (Å²) in [5.41, 5.74) is 7.34. The molecule has 21 heavy (non-hydrogen) atoms. The standard InChI is InChI=1S/C13H18N6OS/c1-4-19(3)13-18-11(14)10(21-13)12(20)17-7-9-6-15-8(2)5-16-9/h5-6H,4,7,14H2,1-3H3,(H,17,20). The van der Waals surface area contributed by atoms with E-state index in [-0.39, 0.29) is 11.7 Å². The van der Waals surface area contributed by atoms with E-state index in [2.05, 4.69) is 20.3 Å². The molecule has 2 aromatic heterocycles. The summed E-state index contributed by atoms with van der Waals surface area (Å²) in [6.45, 7) is 4.97. The fourth-order valence-corrected chi connectivity index (χ4v) is 2.47. The van der Waals surface area contributed by atoms with Crippen molar-refractivity contribution in [3.8, 4) is 0 Å². The molecular weight excluding hydrogens is 288 g/mol.